The average molecular weight is 861 g/mol. The molecular weight excluding hydrogens is 817 g/mol. The largest absolute Gasteiger partial charge is 0.256 e. The van der Waals surface area contributed by atoms with Gasteiger partial charge in [-0.1, -0.05) is 146 Å². The molecule has 314 valence electrons. The molecule has 5 aliphatic rings. The average Bonchev–Trinajstić information content (AvgIpc) is 3.36. The summed E-state index contributed by atoms with van der Waals surface area (Å²) in [6, 6.07) is 59.7. The Morgan fingerprint density at radius 3 is 1.63 bits per heavy atom. The summed E-state index contributed by atoms with van der Waals surface area (Å²) in [6.07, 6.45) is 7.96. The van der Waals surface area contributed by atoms with Crippen LogP contribution < -0.4 is 0 Å². The van der Waals surface area contributed by atoms with Crippen LogP contribution >= 0.6 is 0 Å². The first-order valence-electron chi connectivity index (χ1n) is 22.9. The van der Waals surface area contributed by atoms with Crippen molar-refractivity contribution in [2.45, 2.75) is 47.3 Å². The number of hydrogen-bond acceptors (Lipinski definition) is 6. The molecule has 3 heterocycles. The number of rotatable bonds is 6. The molecular formula is C58H44N4O2S. The fourth-order valence-corrected chi connectivity index (χ4v) is 14.4. The third-order valence-corrected chi connectivity index (χ3v) is 17.0. The maximum absolute atomic E-state index is 14.7. The minimum absolute atomic E-state index is 0.251. The number of hydrogen-bond donors (Lipinski definition) is 0. The van der Waals surface area contributed by atoms with E-state index in [2.05, 4.69) is 108 Å². The summed E-state index contributed by atoms with van der Waals surface area (Å²) in [6.45, 7) is 0. The Morgan fingerprint density at radius 2 is 0.923 bits per heavy atom. The standard InChI is InChI=1S/C58H44N4O2S/c63-65(64)52-20-5-4-19-50(52)58(47-29-36-28-37(31-47)32-48(58)30-36)51-26-25-45(35-53(51)65)43-14-6-13-42(33-43)44-15-7-16-46(34-44)57-61-55(40-10-2-1-3-11-40)60-56(62-57)41-23-21-38(22-24-41)49-18-8-12-39-17-9-27-59-54(39)49/h1-27,33-37,47-48H,28-32H2. The van der Waals surface area contributed by atoms with Gasteiger partial charge < -0.3 is 0 Å². The van der Waals surface area contributed by atoms with Crippen molar-refractivity contribution in [1.82, 2.24) is 19.9 Å². The van der Waals surface area contributed by atoms with Gasteiger partial charge in [-0.3, -0.25) is 4.98 Å². The van der Waals surface area contributed by atoms with E-state index in [9.17, 15) is 8.42 Å². The van der Waals surface area contributed by atoms with Gasteiger partial charge >= 0.3 is 0 Å². The van der Waals surface area contributed by atoms with Gasteiger partial charge in [0.25, 0.3) is 0 Å². The van der Waals surface area contributed by atoms with E-state index in [4.69, 9.17) is 15.0 Å². The van der Waals surface area contributed by atoms with Crippen molar-refractivity contribution in [3.05, 3.63) is 193 Å². The highest BCUT2D eigenvalue weighted by atomic mass is 32.2. The van der Waals surface area contributed by atoms with Crippen LogP contribution in [-0.2, 0) is 15.3 Å². The molecule has 9 aromatic rings. The van der Waals surface area contributed by atoms with E-state index in [1.54, 1.807) is 0 Å². The van der Waals surface area contributed by atoms with Gasteiger partial charge in [0.05, 0.1) is 15.3 Å². The number of pyridine rings is 1. The van der Waals surface area contributed by atoms with E-state index in [1.807, 2.05) is 79.0 Å². The van der Waals surface area contributed by atoms with Crippen molar-refractivity contribution in [1.29, 1.82) is 0 Å². The van der Waals surface area contributed by atoms with Crippen LogP contribution in [0.4, 0.5) is 0 Å². The molecule has 0 saturated heterocycles. The van der Waals surface area contributed by atoms with Crippen LogP contribution in [0, 0.1) is 23.7 Å². The zero-order valence-corrected chi connectivity index (χ0v) is 36.5. The first-order valence-corrected chi connectivity index (χ1v) is 24.3. The number of benzene rings is 7. The van der Waals surface area contributed by atoms with Crippen molar-refractivity contribution in [3.63, 3.8) is 0 Å². The molecule has 0 amide bonds. The van der Waals surface area contributed by atoms with Crippen molar-refractivity contribution < 1.29 is 8.42 Å². The monoisotopic (exact) mass is 860 g/mol. The maximum Gasteiger partial charge on any atom is 0.207 e. The molecule has 4 fully saturated rings. The normalized spacial score (nSPS) is 22.2. The number of aromatic nitrogens is 4. The summed E-state index contributed by atoms with van der Waals surface area (Å²) in [5, 5.41) is 1.10. The van der Waals surface area contributed by atoms with Crippen LogP contribution in [0.1, 0.15) is 43.2 Å². The van der Waals surface area contributed by atoms with Gasteiger partial charge in [-0.15, -0.1) is 0 Å². The van der Waals surface area contributed by atoms with Gasteiger partial charge in [-0.2, -0.15) is 0 Å². The Morgan fingerprint density at radius 1 is 0.415 bits per heavy atom. The Bertz CT molecular complexity index is 3440. The number of fused-ring (bicyclic) bond motifs is 3. The third-order valence-electron chi connectivity index (χ3n) is 15.2. The van der Waals surface area contributed by atoms with Gasteiger partial charge in [-0.05, 0) is 125 Å². The molecule has 0 N–H and O–H groups in total. The number of para-hydroxylation sites is 1. The topological polar surface area (TPSA) is 85.7 Å². The van der Waals surface area contributed by atoms with Gasteiger partial charge in [0.1, 0.15) is 0 Å². The molecule has 65 heavy (non-hydrogen) atoms. The van der Waals surface area contributed by atoms with E-state index in [0.717, 1.165) is 83.9 Å². The summed E-state index contributed by atoms with van der Waals surface area (Å²) >= 11 is 0. The van der Waals surface area contributed by atoms with E-state index in [1.165, 1.54) is 32.1 Å². The predicted octanol–water partition coefficient (Wildman–Crippen LogP) is 13.3. The van der Waals surface area contributed by atoms with Gasteiger partial charge in [0.15, 0.2) is 17.5 Å². The smallest absolute Gasteiger partial charge is 0.207 e. The second-order valence-electron chi connectivity index (χ2n) is 18.7. The van der Waals surface area contributed by atoms with Crippen LogP contribution in [0.15, 0.2) is 192 Å². The first-order chi connectivity index (χ1) is 31.9. The van der Waals surface area contributed by atoms with E-state index in [0.29, 0.717) is 39.1 Å². The second kappa shape index (κ2) is 14.7. The molecule has 7 heteroatoms. The Kier molecular flexibility index (Phi) is 8.69. The fraction of sp³-hybridized carbons (Fsp3) is 0.172. The lowest BCUT2D eigenvalue weighted by Crippen LogP contribution is -2.57. The van der Waals surface area contributed by atoms with E-state index in [-0.39, 0.29) is 5.41 Å². The summed E-state index contributed by atoms with van der Waals surface area (Å²) in [5.74, 6) is 4.25. The quantitative estimate of drug-likeness (QED) is 0.166. The minimum atomic E-state index is -3.73. The number of nitrogens with zero attached hydrogens (tertiary/aromatic N) is 4. The van der Waals surface area contributed by atoms with Crippen LogP contribution in [-0.4, -0.2) is 28.4 Å². The van der Waals surface area contributed by atoms with Crippen molar-refractivity contribution in [2.24, 2.45) is 23.7 Å². The lowest BCUT2D eigenvalue weighted by atomic mass is 9.42. The Hall–Kier alpha value is -7.09. The third kappa shape index (κ3) is 6.09. The highest BCUT2D eigenvalue weighted by molar-refractivity contribution is 7.91. The summed E-state index contributed by atoms with van der Waals surface area (Å²) < 4.78 is 29.4. The SMILES string of the molecule is O=S1(=O)c2ccccc2C2(c3ccc(-c4cccc(-c5cccc(-c6nc(-c7ccccc7)nc(-c7ccc(-c8cccc9cccnc89)cc7)n6)c5)c4)cc31)C1CC3CC(C1)CC2C3. The molecule has 1 spiro atoms. The second-order valence-corrected chi connectivity index (χ2v) is 20.6. The fourth-order valence-electron chi connectivity index (χ4n) is 12.6. The lowest BCUT2D eigenvalue weighted by molar-refractivity contribution is -0.0446. The molecule has 2 aromatic heterocycles. The van der Waals surface area contributed by atoms with Crippen molar-refractivity contribution >= 4 is 20.7 Å². The summed E-state index contributed by atoms with van der Waals surface area (Å²) in [7, 11) is -3.73. The first kappa shape index (κ1) is 38.4. The van der Waals surface area contributed by atoms with Crippen LogP contribution in [0.3, 0.4) is 0 Å². The zero-order chi connectivity index (χ0) is 43.3. The molecule has 0 unspecified atom stereocenters. The predicted molar refractivity (Wildman–Crippen MR) is 257 cm³/mol. The van der Waals surface area contributed by atoms with E-state index >= 15 is 0 Å². The van der Waals surface area contributed by atoms with Crippen molar-refractivity contribution in [2.75, 3.05) is 0 Å². The molecule has 4 aliphatic carbocycles. The van der Waals surface area contributed by atoms with Gasteiger partial charge in [0.2, 0.25) is 9.84 Å². The Labute approximate surface area is 379 Å². The Balaban J connectivity index is 0.869. The molecule has 4 bridgehead atoms. The minimum Gasteiger partial charge on any atom is -0.256 e. The molecule has 7 aromatic carbocycles. The van der Waals surface area contributed by atoms with Crippen LogP contribution in [0.5, 0.6) is 0 Å². The summed E-state index contributed by atoms with van der Waals surface area (Å²) in [5.41, 5.74) is 11.5. The van der Waals surface area contributed by atoms with Gasteiger partial charge in [-0.25, -0.2) is 23.4 Å². The molecule has 4 saturated carbocycles. The molecule has 1 aliphatic heterocycles. The highest BCUT2D eigenvalue weighted by Crippen LogP contribution is 2.68. The summed E-state index contributed by atoms with van der Waals surface area (Å²) in [4.78, 5) is 20.8. The lowest BCUT2D eigenvalue weighted by Gasteiger charge is -2.63. The molecule has 6 nitrogen and oxygen atoms in total. The molecule has 0 radical (unpaired) electrons. The van der Waals surface area contributed by atoms with Crippen LogP contribution in [0.25, 0.3) is 78.4 Å². The van der Waals surface area contributed by atoms with Crippen molar-refractivity contribution in [3.8, 4) is 67.5 Å². The number of sulfone groups is 1. The molecule has 14 rings (SSSR count). The van der Waals surface area contributed by atoms with Gasteiger partial charge in [0, 0.05) is 39.3 Å². The zero-order valence-electron chi connectivity index (χ0n) is 35.7. The van der Waals surface area contributed by atoms with Crippen LogP contribution in [0.2, 0.25) is 0 Å². The van der Waals surface area contributed by atoms with E-state index < -0.39 is 9.84 Å². The highest BCUT2D eigenvalue weighted by Gasteiger charge is 2.62. The maximum atomic E-state index is 14.7. The molecule has 0 atom stereocenters.